The summed E-state index contributed by atoms with van der Waals surface area (Å²) in [4.78, 5) is 11.2. The quantitative estimate of drug-likeness (QED) is 0.916. The second-order valence-corrected chi connectivity index (χ2v) is 5.01. The summed E-state index contributed by atoms with van der Waals surface area (Å²) in [7, 11) is 0. The molecule has 0 spiro atoms. The van der Waals surface area contributed by atoms with E-state index in [4.69, 9.17) is 19.9 Å². The molecule has 1 amide bonds. The number of carbonyl (C=O) groups is 1. The van der Waals surface area contributed by atoms with Crippen LogP contribution in [0.3, 0.4) is 0 Å². The van der Waals surface area contributed by atoms with Crippen LogP contribution in [0.15, 0.2) is 48.5 Å². The number of amides is 1. The number of rotatable bonds is 5. The number of hydrogen-bond acceptors (Lipinski definition) is 4. The summed E-state index contributed by atoms with van der Waals surface area (Å²) in [6.45, 7) is 0.694. The van der Waals surface area contributed by atoms with Crippen LogP contribution < -0.4 is 19.9 Å². The van der Waals surface area contributed by atoms with Gasteiger partial charge in [0.2, 0.25) is 6.10 Å². The van der Waals surface area contributed by atoms with Crippen LogP contribution in [0, 0.1) is 0 Å². The van der Waals surface area contributed by atoms with Gasteiger partial charge in [-0.05, 0) is 17.7 Å². The Morgan fingerprint density at radius 1 is 1.18 bits per heavy atom. The lowest BCUT2D eigenvalue weighted by molar-refractivity contribution is -0.127. The van der Waals surface area contributed by atoms with Crippen molar-refractivity contribution in [2.75, 3.05) is 13.2 Å². The normalized spacial score (nSPS) is 16.1. The van der Waals surface area contributed by atoms with Crippen molar-refractivity contribution in [2.24, 2.45) is 5.73 Å². The van der Waals surface area contributed by atoms with Gasteiger partial charge in [0.1, 0.15) is 12.4 Å². The molecule has 114 valence electrons. The van der Waals surface area contributed by atoms with E-state index in [2.05, 4.69) is 12.1 Å². The molecule has 0 radical (unpaired) electrons. The topological polar surface area (TPSA) is 70.8 Å². The minimum atomic E-state index is -0.757. The standard InChI is InChI=1S/C17H17NO4/c18-17(19)16-11-21-14-7-6-13(10-15(14)22-16)20-9-8-12-4-2-1-3-5-12/h1-7,10,16H,8-9,11H2,(H2,18,19)/t16-/m1/s1. The zero-order valence-electron chi connectivity index (χ0n) is 12.0. The maximum Gasteiger partial charge on any atom is 0.262 e. The second kappa shape index (κ2) is 6.39. The molecular weight excluding hydrogens is 282 g/mol. The van der Waals surface area contributed by atoms with Crippen molar-refractivity contribution in [3.63, 3.8) is 0 Å². The highest BCUT2D eigenvalue weighted by Crippen LogP contribution is 2.35. The molecule has 5 nitrogen and oxygen atoms in total. The largest absolute Gasteiger partial charge is 0.493 e. The third kappa shape index (κ3) is 3.31. The van der Waals surface area contributed by atoms with Crippen molar-refractivity contribution in [1.82, 2.24) is 0 Å². The van der Waals surface area contributed by atoms with Gasteiger partial charge in [-0.1, -0.05) is 30.3 Å². The van der Waals surface area contributed by atoms with Crippen molar-refractivity contribution in [3.05, 3.63) is 54.1 Å². The Morgan fingerprint density at radius 3 is 2.77 bits per heavy atom. The third-order valence-electron chi connectivity index (χ3n) is 3.39. The van der Waals surface area contributed by atoms with E-state index in [1.54, 1.807) is 12.1 Å². The molecule has 1 atom stereocenters. The molecule has 0 bridgehead atoms. The van der Waals surface area contributed by atoms with Crippen LogP contribution in [-0.4, -0.2) is 25.2 Å². The van der Waals surface area contributed by atoms with Gasteiger partial charge >= 0.3 is 0 Å². The van der Waals surface area contributed by atoms with E-state index in [9.17, 15) is 4.79 Å². The Morgan fingerprint density at radius 2 is 2.00 bits per heavy atom. The van der Waals surface area contributed by atoms with Gasteiger partial charge in [0.05, 0.1) is 6.61 Å². The molecule has 5 heteroatoms. The predicted octanol–water partition coefficient (Wildman–Crippen LogP) is 1.93. The molecule has 3 rings (SSSR count). The first-order valence-corrected chi connectivity index (χ1v) is 7.12. The highest BCUT2D eigenvalue weighted by atomic mass is 16.6. The zero-order valence-corrected chi connectivity index (χ0v) is 12.0. The highest BCUT2D eigenvalue weighted by molar-refractivity contribution is 5.79. The van der Waals surface area contributed by atoms with Crippen LogP contribution in [0.25, 0.3) is 0 Å². The second-order valence-electron chi connectivity index (χ2n) is 5.01. The van der Waals surface area contributed by atoms with Gasteiger partial charge in [-0.2, -0.15) is 0 Å². The Balaban J connectivity index is 1.61. The molecule has 1 aliphatic rings. The Bertz CT molecular complexity index is 657. The SMILES string of the molecule is NC(=O)[C@H]1COc2ccc(OCCc3ccccc3)cc2O1. The first kappa shape index (κ1) is 14.3. The van der Waals surface area contributed by atoms with Gasteiger partial charge in [-0.15, -0.1) is 0 Å². The number of carbonyl (C=O) groups excluding carboxylic acids is 1. The Labute approximate surface area is 128 Å². The molecule has 0 saturated heterocycles. The van der Waals surface area contributed by atoms with Crippen LogP contribution >= 0.6 is 0 Å². The monoisotopic (exact) mass is 299 g/mol. The van der Waals surface area contributed by atoms with Crippen LogP contribution in [0.4, 0.5) is 0 Å². The molecule has 0 unspecified atom stereocenters. The van der Waals surface area contributed by atoms with Crippen molar-refractivity contribution < 1.29 is 19.0 Å². The minimum absolute atomic E-state index is 0.135. The molecule has 0 aromatic heterocycles. The molecule has 22 heavy (non-hydrogen) atoms. The molecule has 0 fully saturated rings. The predicted molar refractivity (Wildman–Crippen MR) is 81.2 cm³/mol. The average molecular weight is 299 g/mol. The summed E-state index contributed by atoms with van der Waals surface area (Å²) < 4.78 is 16.7. The van der Waals surface area contributed by atoms with E-state index in [0.717, 1.165) is 6.42 Å². The molecule has 0 aliphatic carbocycles. The van der Waals surface area contributed by atoms with Gasteiger partial charge in [-0.3, -0.25) is 4.79 Å². The van der Waals surface area contributed by atoms with Gasteiger partial charge in [0.25, 0.3) is 5.91 Å². The van der Waals surface area contributed by atoms with E-state index >= 15 is 0 Å². The smallest absolute Gasteiger partial charge is 0.262 e. The molecule has 1 heterocycles. The van der Waals surface area contributed by atoms with Gasteiger partial charge in [-0.25, -0.2) is 0 Å². The number of primary amides is 1. The highest BCUT2D eigenvalue weighted by Gasteiger charge is 2.25. The van der Waals surface area contributed by atoms with Crippen LogP contribution in [0.2, 0.25) is 0 Å². The van der Waals surface area contributed by atoms with Crippen molar-refractivity contribution in [1.29, 1.82) is 0 Å². The lowest BCUT2D eigenvalue weighted by Gasteiger charge is -2.24. The first-order chi connectivity index (χ1) is 10.7. The molecular formula is C17H17NO4. The van der Waals surface area contributed by atoms with E-state index < -0.39 is 12.0 Å². The van der Waals surface area contributed by atoms with Gasteiger partial charge in [0.15, 0.2) is 11.5 Å². The Kier molecular flexibility index (Phi) is 4.14. The van der Waals surface area contributed by atoms with Gasteiger partial charge < -0.3 is 19.9 Å². The number of nitrogens with two attached hydrogens (primary N) is 1. The van der Waals surface area contributed by atoms with Crippen molar-refractivity contribution in [2.45, 2.75) is 12.5 Å². The summed E-state index contributed by atoms with van der Waals surface area (Å²) in [6, 6.07) is 15.4. The minimum Gasteiger partial charge on any atom is -0.493 e. The molecule has 2 aromatic rings. The van der Waals surface area contributed by atoms with E-state index in [-0.39, 0.29) is 6.61 Å². The summed E-state index contributed by atoms with van der Waals surface area (Å²) in [5.74, 6) is 1.20. The van der Waals surface area contributed by atoms with E-state index in [1.165, 1.54) is 5.56 Å². The lowest BCUT2D eigenvalue weighted by Crippen LogP contribution is -2.40. The fourth-order valence-electron chi connectivity index (χ4n) is 2.21. The maximum atomic E-state index is 11.2. The van der Waals surface area contributed by atoms with E-state index in [0.29, 0.717) is 23.9 Å². The number of hydrogen-bond donors (Lipinski definition) is 1. The van der Waals surface area contributed by atoms with Crippen LogP contribution in [0.5, 0.6) is 17.2 Å². The van der Waals surface area contributed by atoms with Crippen molar-refractivity contribution >= 4 is 5.91 Å². The number of fused-ring (bicyclic) bond motifs is 1. The average Bonchev–Trinajstić information content (AvgIpc) is 2.55. The summed E-state index contributed by atoms with van der Waals surface area (Å²) in [6.07, 6.45) is 0.0613. The first-order valence-electron chi connectivity index (χ1n) is 7.12. The maximum absolute atomic E-state index is 11.2. The molecule has 2 aromatic carbocycles. The van der Waals surface area contributed by atoms with Crippen LogP contribution in [-0.2, 0) is 11.2 Å². The van der Waals surface area contributed by atoms with Crippen molar-refractivity contribution in [3.8, 4) is 17.2 Å². The Hall–Kier alpha value is -2.69. The number of ether oxygens (including phenoxy) is 3. The fraction of sp³-hybridized carbons (Fsp3) is 0.235. The number of benzene rings is 2. The zero-order chi connectivity index (χ0) is 15.4. The van der Waals surface area contributed by atoms with Crippen LogP contribution in [0.1, 0.15) is 5.56 Å². The molecule has 2 N–H and O–H groups in total. The van der Waals surface area contributed by atoms with Gasteiger partial charge in [0, 0.05) is 12.5 Å². The third-order valence-corrected chi connectivity index (χ3v) is 3.39. The lowest BCUT2D eigenvalue weighted by atomic mass is 10.2. The van der Waals surface area contributed by atoms with E-state index in [1.807, 2.05) is 24.3 Å². The molecule has 0 saturated carbocycles. The summed E-state index contributed by atoms with van der Waals surface area (Å²) >= 11 is 0. The molecule has 1 aliphatic heterocycles. The summed E-state index contributed by atoms with van der Waals surface area (Å²) in [5, 5.41) is 0. The fourth-order valence-corrected chi connectivity index (χ4v) is 2.21. The summed E-state index contributed by atoms with van der Waals surface area (Å²) in [5.41, 5.74) is 6.45.